The molecule has 1 heterocycles. The summed E-state index contributed by atoms with van der Waals surface area (Å²) in [6.45, 7) is 1.17. The Hall–Kier alpha value is -3.21. The van der Waals surface area contributed by atoms with Gasteiger partial charge in [0, 0.05) is 11.1 Å². The fraction of sp³-hybridized carbons (Fsp3) is 0.105. The lowest BCUT2D eigenvalue weighted by atomic mass is 9.92. The maximum atomic E-state index is 12.7. The second-order valence-electron chi connectivity index (χ2n) is 5.59. The molecule has 0 radical (unpaired) electrons. The van der Waals surface area contributed by atoms with Crippen molar-refractivity contribution in [2.75, 3.05) is 6.54 Å². The summed E-state index contributed by atoms with van der Waals surface area (Å²) in [4.78, 5) is 36.7. The van der Waals surface area contributed by atoms with Crippen LogP contribution in [0.25, 0.3) is 11.6 Å². The molecular weight excluding hydrogens is 306 g/mol. The molecule has 0 unspecified atom stereocenters. The van der Waals surface area contributed by atoms with Crippen molar-refractivity contribution in [1.29, 1.82) is 0 Å². The van der Waals surface area contributed by atoms with Crippen molar-refractivity contribution >= 4 is 29.4 Å². The minimum absolute atomic E-state index is 0.289. The van der Waals surface area contributed by atoms with E-state index in [2.05, 4.69) is 0 Å². The molecule has 0 N–H and O–H groups in total. The predicted molar refractivity (Wildman–Crippen MR) is 86.5 cm³/mol. The molecule has 24 heavy (non-hydrogen) atoms. The van der Waals surface area contributed by atoms with Gasteiger partial charge in [0.2, 0.25) is 0 Å². The molecule has 120 valence electrons. The van der Waals surface area contributed by atoms with Gasteiger partial charge in [0.05, 0.1) is 12.5 Å². The third-order valence-corrected chi connectivity index (χ3v) is 3.81. The van der Waals surface area contributed by atoms with Gasteiger partial charge < -0.3 is 9.90 Å². The maximum Gasteiger partial charge on any atom is 0.261 e. The number of hydrogen-bond acceptors (Lipinski definition) is 4. The number of carboxylic acids is 1. The number of rotatable bonds is 3. The van der Waals surface area contributed by atoms with Crippen molar-refractivity contribution in [3.8, 4) is 0 Å². The minimum atomic E-state index is -1.48. The van der Waals surface area contributed by atoms with E-state index in [4.69, 9.17) is 0 Å². The summed E-state index contributed by atoms with van der Waals surface area (Å²) in [7, 11) is 0. The quantitative estimate of drug-likeness (QED) is 0.630. The molecule has 0 fully saturated rings. The average Bonchev–Trinajstić information content (AvgIpc) is 2.55. The van der Waals surface area contributed by atoms with Crippen LogP contribution in [0.4, 0.5) is 0 Å². The highest BCUT2D eigenvalue weighted by atomic mass is 16.4. The molecule has 0 atom stereocenters. The molecule has 0 spiro atoms. The van der Waals surface area contributed by atoms with Crippen LogP contribution in [-0.4, -0.2) is 29.2 Å². The summed E-state index contributed by atoms with van der Waals surface area (Å²) >= 11 is 0. The number of carbonyl (C=O) groups excluding carboxylic acids is 3. The van der Waals surface area contributed by atoms with Crippen molar-refractivity contribution in [2.24, 2.45) is 0 Å². The third kappa shape index (κ3) is 2.84. The van der Waals surface area contributed by atoms with Crippen LogP contribution in [0.1, 0.15) is 27.0 Å². The number of carbonyl (C=O) groups is 3. The molecule has 3 rings (SSSR count). The Bertz CT molecular complexity index is 882. The zero-order chi connectivity index (χ0) is 17.3. The van der Waals surface area contributed by atoms with Crippen LogP contribution >= 0.6 is 0 Å². The minimum Gasteiger partial charge on any atom is -0.548 e. The molecule has 2 aromatic rings. The first-order valence-corrected chi connectivity index (χ1v) is 7.41. The van der Waals surface area contributed by atoms with E-state index in [1.807, 2.05) is 31.2 Å². The maximum absolute atomic E-state index is 12.7. The summed E-state index contributed by atoms with van der Waals surface area (Å²) in [5.41, 5.74) is 2.93. The van der Waals surface area contributed by atoms with Crippen LogP contribution in [0, 0.1) is 6.92 Å². The zero-order valence-corrected chi connectivity index (χ0v) is 13.0. The number of amides is 2. The fourth-order valence-corrected chi connectivity index (χ4v) is 2.74. The first-order chi connectivity index (χ1) is 11.5. The summed E-state index contributed by atoms with van der Waals surface area (Å²) in [5.74, 6) is -2.74. The molecule has 0 aliphatic carbocycles. The molecule has 0 saturated carbocycles. The molecule has 2 aromatic carbocycles. The van der Waals surface area contributed by atoms with E-state index >= 15 is 0 Å². The molecule has 5 heteroatoms. The van der Waals surface area contributed by atoms with Crippen LogP contribution in [0.15, 0.2) is 48.5 Å². The van der Waals surface area contributed by atoms with E-state index in [0.29, 0.717) is 16.0 Å². The molecule has 0 aromatic heterocycles. The number of nitrogens with zero attached hydrogens (tertiary/aromatic N) is 1. The summed E-state index contributed by atoms with van der Waals surface area (Å²) in [5, 5.41) is 10.9. The van der Waals surface area contributed by atoms with E-state index in [-0.39, 0.29) is 5.57 Å². The van der Waals surface area contributed by atoms with E-state index in [1.165, 1.54) is 0 Å². The third-order valence-electron chi connectivity index (χ3n) is 3.81. The summed E-state index contributed by atoms with van der Waals surface area (Å²) in [6, 6.07) is 14.2. The standard InChI is InChI=1S/C19H15NO4/c1-12-5-4-6-13(9-12)10-16-14-7-2-3-8-15(14)18(23)20(19(16)24)11-17(21)22/h2-10H,11H2,1H3,(H,21,22)/p-1/b16-10-. The zero-order valence-electron chi connectivity index (χ0n) is 13.0. The number of hydrogen-bond donors (Lipinski definition) is 0. The Labute approximate surface area is 138 Å². The van der Waals surface area contributed by atoms with E-state index < -0.39 is 24.3 Å². The van der Waals surface area contributed by atoms with Gasteiger partial charge in [-0.2, -0.15) is 0 Å². The molecule has 1 aliphatic heterocycles. The highest BCUT2D eigenvalue weighted by molar-refractivity contribution is 6.34. The second-order valence-corrected chi connectivity index (χ2v) is 5.59. The number of imide groups is 1. The Morgan fingerprint density at radius 3 is 2.42 bits per heavy atom. The predicted octanol–water partition coefficient (Wildman–Crippen LogP) is 1.27. The van der Waals surface area contributed by atoms with Gasteiger partial charge in [0.1, 0.15) is 0 Å². The van der Waals surface area contributed by atoms with Gasteiger partial charge >= 0.3 is 0 Å². The van der Waals surface area contributed by atoms with Crippen molar-refractivity contribution in [3.63, 3.8) is 0 Å². The number of carboxylic acid groups (broad SMARTS) is 1. The molecule has 1 aliphatic rings. The first kappa shape index (κ1) is 15.7. The van der Waals surface area contributed by atoms with Gasteiger partial charge in [0.15, 0.2) is 0 Å². The number of fused-ring (bicyclic) bond motifs is 1. The van der Waals surface area contributed by atoms with Crippen molar-refractivity contribution in [1.82, 2.24) is 4.90 Å². The van der Waals surface area contributed by atoms with Gasteiger partial charge in [-0.15, -0.1) is 0 Å². The van der Waals surface area contributed by atoms with Gasteiger partial charge in [0.25, 0.3) is 11.8 Å². The monoisotopic (exact) mass is 320 g/mol. The average molecular weight is 320 g/mol. The molecule has 0 saturated heterocycles. The van der Waals surface area contributed by atoms with Gasteiger partial charge in [-0.1, -0.05) is 48.0 Å². The van der Waals surface area contributed by atoms with Crippen LogP contribution < -0.4 is 5.11 Å². The smallest absolute Gasteiger partial charge is 0.261 e. The fourth-order valence-electron chi connectivity index (χ4n) is 2.74. The van der Waals surface area contributed by atoms with Crippen LogP contribution in [0.3, 0.4) is 0 Å². The van der Waals surface area contributed by atoms with Gasteiger partial charge in [-0.25, -0.2) is 0 Å². The lowest BCUT2D eigenvalue weighted by molar-refractivity contribution is -0.305. The van der Waals surface area contributed by atoms with Crippen LogP contribution in [0.5, 0.6) is 0 Å². The van der Waals surface area contributed by atoms with Gasteiger partial charge in [-0.05, 0) is 30.2 Å². The highest BCUT2D eigenvalue weighted by Crippen LogP contribution is 2.30. The second kappa shape index (κ2) is 6.12. The van der Waals surface area contributed by atoms with Crippen LogP contribution in [-0.2, 0) is 9.59 Å². The topological polar surface area (TPSA) is 77.5 Å². The summed E-state index contributed by atoms with van der Waals surface area (Å²) in [6.07, 6.45) is 1.67. The Balaban J connectivity index is 2.16. The Morgan fingerprint density at radius 1 is 1.04 bits per heavy atom. The molecular formula is C19H14NO4-. The van der Waals surface area contributed by atoms with Crippen molar-refractivity contribution < 1.29 is 19.5 Å². The van der Waals surface area contributed by atoms with Crippen LogP contribution in [0.2, 0.25) is 0 Å². The molecule has 0 bridgehead atoms. The normalized spacial score (nSPS) is 15.5. The van der Waals surface area contributed by atoms with Crippen molar-refractivity contribution in [2.45, 2.75) is 6.92 Å². The largest absolute Gasteiger partial charge is 0.548 e. The van der Waals surface area contributed by atoms with E-state index in [0.717, 1.165) is 11.1 Å². The molecule has 2 amide bonds. The highest BCUT2D eigenvalue weighted by Gasteiger charge is 2.34. The van der Waals surface area contributed by atoms with E-state index in [1.54, 1.807) is 30.3 Å². The number of aliphatic carboxylic acids is 1. The Morgan fingerprint density at radius 2 is 1.75 bits per heavy atom. The van der Waals surface area contributed by atoms with Crippen molar-refractivity contribution in [3.05, 3.63) is 70.8 Å². The first-order valence-electron chi connectivity index (χ1n) is 7.41. The lowest BCUT2D eigenvalue weighted by Gasteiger charge is -2.28. The number of benzene rings is 2. The van der Waals surface area contributed by atoms with Gasteiger partial charge in [-0.3, -0.25) is 14.5 Å². The SMILES string of the molecule is Cc1cccc(/C=C2\C(=O)N(CC(=O)[O-])C(=O)c3ccccc32)c1. The lowest BCUT2D eigenvalue weighted by Crippen LogP contribution is -2.47. The molecule has 5 nitrogen and oxygen atoms in total. The number of aryl methyl sites for hydroxylation is 1. The Kier molecular flexibility index (Phi) is 4.00. The van der Waals surface area contributed by atoms with E-state index in [9.17, 15) is 19.5 Å². The summed E-state index contributed by atoms with van der Waals surface area (Å²) < 4.78 is 0.